The molecule has 1 fully saturated rings. The number of carbonyl (C=O) groups excluding carboxylic acids is 1. The molecule has 40 heavy (non-hydrogen) atoms. The molecule has 2 aromatic carbocycles. The van der Waals surface area contributed by atoms with Crippen molar-refractivity contribution in [3.63, 3.8) is 0 Å². The molecular formula is C32H44BrF3N2O2. The number of aromatic hydroxyl groups is 1. The first-order valence-electron chi connectivity index (χ1n) is 13.8. The molecule has 1 aliphatic rings. The van der Waals surface area contributed by atoms with E-state index in [9.17, 15) is 23.1 Å². The second-order valence-electron chi connectivity index (χ2n) is 12.9. The number of amidine groups is 1. The molecule has 0 aromatic heterocycles. The predicted octanol–water partition coefficient (Wildman–Crippen LogP) is 8.30. The van der Waals surface area contributed by atoms with E-state index in [1.54, 1.807) is 17.0 Å². The van der Waals surface area contributed by atoms with Gasteiger partial charge in [-0.15, -0.1) is 17.0 Å². The van der Waals surface area contributed by atoms with Gasteiger partial charge in [-0.3, -0.25) is 9.79 Å². The van der Waals surface area contributed by atoms with E-state index in [1.165, 1.54) is 0 Å². The summed E-state index contributed by atoms with van der Waals surface area (Å²) >= 11 is 0. The fourth-order valence-electron chi connectivity index (χ4n) is 5.48. The highest BCUT2D eigenvalue weighted by Gasteiger charge is 2.40. The molecule has 3 rings (SSSR count). The number of halogens is 4. The van der Waals surface area contributed by atoms with Crippen LogP contribution in [0.1, 0.15) is 88.4 Å². The third-order valence-corrected chi connectivity index (χ3v) is 7.44. The van der Waals surface area contributed by atoms with Crippen LogP contribution in [0.25, 0.3) is 0 Å². The van der Waals surface area contributed by atoms with Gasteiger partial charge in [0, 0.05) is 29.2 Å². The molecule has 0 radical (unpaired) electrons. The van der Waals surface area contributed by atoms with E-state index in [1.807, 2.05) is 71.9 Å². The summed E-state index contributed by atoms with van der Waals surface area (Å²) in [6.45, 7) is 13.1. The molecule has 2 aromatic rings. The molecule has 0 amide bonds. The number of alkyl halides is 3. The highest BCUT2D eigenvalue weighted by molar-refractivity contribution is 8.93. The smallest absolute Gasteiger partial charge is 0.408 e. The molecule has 0 aliphatic carbocycles. The van der Waals surface area contributed by atoms with Crippen molar-refractivity contribution in [1.82, 2.24) is 4.90 Å². The number of carbonyl (C=O) groups is 1. The van der Waals surface area contributed by atoms with Gasteiger partial charge >= 0.3 is 6.18 Å². The summed E-state index contributed by atoms with van der Waals surface area (Å²) in [7, 11) is 0. The third-order valence-electron chi connectivity index (χ3n) is 7.44. The highest BCUT2D eigenvalue weighted by Crippen LogP contribution is 2.40. The normalized spacial score (nSPS) is 19.1. The van der Waals surface area contributed by atoms with Crippen molar-refractivity contribution in [2.45, 2.75) is 84.7 Å². The van der Waals surface area contributed by atoms with Crippen LogP contribution in [-0.4, -0.2) is 47.4 Å². The third kappa shape index (κ3) is 8.58. The van der Waals surface area contributed by atoms with Crippen LogP contribution in [0, 0.1) is 11.8 Å². The number of nitrogens with zero attached hydrogens (tertiary/aromatic N) is 2. The second kappa shape index (κ2) is 13.1. The Balaban J connectivity index is 0.00000560. The van der Waals surface area contributed by atoms with Gasteiger partial charge in [0.05, 0.1) is 6.54 Å². The second-order valence-corrected chi connectivity index (χ2v) is 12.9. The molecule has 1 saturated heterocycles. The standard InChI is InChI=1S/C32H43F3N2O2.BrH/c1-8-12-22-18-37(29(36-20-32(33,34)35)24(22)15-21-13-10-9-11-14-21)19-27(38)23-16-25(30(2,3)4)28(39)26(17-23)31(5,6)7;/h9-11,13-14,16-17,22,24,39H,8,12,15,18-20H2,1-7H3;1H/b36-29+;. The minimum Gasteiger partial charge on any atom is -0.507 e. The van der Waals surface area contributed by atoms with E-state index in [2.05, 4.69) is 11.9 Å². The molecule has 0 spiro atoms. The van der Waals surface area contributed by atoms with Gasteiger partial charge in [0.1, 0.15) is 18.1 Å². The van der Waals surface area contributed by atoms with Crippen molar-refractivity contribution in [3.8, 4) is 5.75 Å². The number of aliphatic imine (C=N–C) groups is 1. The number of likely N-dealkylation sites (tertiary alicyclic amines) is 1. The predicted molar refractivity (Wildman–Crippen MR) is 162 cm³/mol. The first-order valence-corrected chi connectivity index (χ1v) is 13.8. The van der Waals surface area contributed by atoms with Crippen LogP contribution < -0.4 is 0 Å². The molecule has 8 heteroatoms. The molecule has 2 unspecified atom stereocenters. The van der Waals surface area contributed by atoms with Crippen LogP contribution in [-0.2, 0) is 17.3 Å². The minimum absolute atomic E-state index is 0. The van der Waals surface area contributed by atoms with E-state index in [0.29, 0.717) is 35.5 Å². The van der Waals surface area contributed by atoms with Crippen LogP contribution >= 0.6 is 17.0 Å². The maximum atomic E-state index is 13.7. The lowest BCUT2D eigenvalue weighted by molar-refractivity contribution is -0.118. The summed E-state index contributed by atoms with van der Waals surface area (Å²) < 4.78 is 39.9. The van der Waals surface area contributed by atoms with Crippen molar-refractivity contribution in [3.05, 3.63) is 64.7 Å². The van der Waals surface area contributed by atoms with Gasteiger partial charge in [-0.25, -0.2) is 0 Å². The molecule has 0 saturated carbocycles. The number of rotatable bonds is 8. The molecule has 0 bridgehead atoms. The largest absolute Gasteiger partial charge is 0.507 e. The van der Waals surface area contributed by atoms with Crippen LogP contribution in [0.4, 0.5) is 13.2 Å². The van der Waals surface area contributed by atoms with Crippen molar-refractivity contribution >= 4 is 28.6 Å². The lowest BCUT2D eigenvalue weighted by Crippen LogP contribution is -2.34. The zero-order valence-electron chi connectivity index (χ0n) is 24.7. The number of phenolic OH excluding ortho intramolecular Hbond substituents is 1. The van der Waals surface area contributed by atoms with Crippen LogP contribution in [0.15, 0.2) is 47.5 Å². The SMILES string of the molecule is Br.CCCC1CN(CC(=O)c2cc(C(C)(C)C)c(O)c(C(C)(C)C)c2)/C(=N/CC(F)(F)F)C1Cc1ccccc1. The van der Waals surface area contributed by atoms with Crippen molar-refractivity contribution in [2.24, 2.45) is 16.8 Å². The summed E-state index contributed by atoms with van der Waals surface area (Å²) in [5, 5.41) is 11.1. The van der Waals surface area contributed by atoms with Gasteiger partial charge in [0.2, 0.25) is 0 Å². The van der Waals surface area contributed by atoms with Crippen molar-refractivity contribution < 1.29 is 23.1 Å². The lowest BCUT2D eigenvalue weighted by atomic mass is 9.78. The molecule has 1 aliphatic heterocycles. The maximum Gasteiger partial charge on any atom is 0.408 e. The first kappa shape index (κ1) is 33.9. The van der Waals surface area contributed by atoms with Gasteiger partial charge in [0.25, 0.3) is 0 Å². The lowest BCUT2D eigenvalue weighted by Gasteiger charge is -2.28. The Morgan fingerprint density at radius 3 is 2.02 bits per heavy atom. The highest BCUT2D eigenvalue weighted by atomic mass is 79.9. The van der Waals surface area contributed by atoms with Gasteiger partial charge in [-0.05, 0) is 47.3 Å². The van der Waals surface area contributed by atoms with Gasteiger partial charge in [0.15, 0.2) is 5.78 Å². The summed E-state index contributed by atoms with van der Waals surface area (Å²) in [5.41, 5.74) is 2.05. The zero-order valence-corrected chi connectivity index (χ0v) is 26.4. The average molecular weight is 626 g/mol. The van der Waals surface area contributed by atoms with Crippen LogP contribution in [0.5, 0.6) is 5.75 Å². The van der Waals surface area contributed by atoms with Crippen molar-refractivity contribution in [1.29, 1.82) is 0 Å². The molecule has 1 heterocycles. The number of Topliss-reactive ketones (excluding diaryl/α,β-unsaturated/α-hetero) is 1. The number of hydrogen-bond acceptors (Lipinski definition) is 3. The minimum atomic E-state index is -4.43. The first-order chi connectivity index (χ1) is 18.0. The fourth-order valence-corrected chi connectivity index (χ4v) is 5.48. The molecule has 222 valence electrons. The molecule has 1 N–H and O–H groups in total. The summed E-state index contributed by atoms with van der Waals surface area (Å²) in [6, 6.07) is 13.2. The van der Waals surface area contributed by atoms with Gasteiger partial charge in [-0.1, -0.05) is 85.2 Å². The quantitative estimate of drug-likeness (QED) is 0.301. The summed E-state index contributed by atoms with van der Waals surface area (Å²) in [4.78, 5) is 19.6. The molecule has 4 nitrogen and oxygen atoms in total. The Hall–Kier alpha value is -2.35. The van der Waals surface area contributed by atoms with E-state index in [0.717, 1.165) is 18.4 Å². The average Bonchev–Trinajstić information content (AvgIpc) is 3.12. The summed E-state index contributed by atoms with van der Waals surface area (Å²) in [6.07, 6.45) is -2.11. The van der Waals surface area contributed by atoms with Gasteiger partial charge < -0.3 is 10.0 Å². The molecular weight excluding hydrogens is 581 g/mol. The topological polar surface area (TPSA) is 52.9 Å². The fraction of sp³-hybridized carbons (Fsp3) is 0.562. The van der Waals surface area contributed by atoms with E-state index < -0.39 is 23.6 Å². The maximum absolute atomic E-state index is 13.7. The molecule has 2 atom stereocenters. The monoisotopic (exact) mass is 624 g/mol. The van der Waals surface area contributed by atoms with E-state index in [-0.39, 0.29) is 46.9 Å². The Morgan fingerprint density at radius 2 is 1.55 bits per heavy atom. The van der Waals surface area contributed by atoms with Crippen LogP contribution in [0.2, 0.25) is 0 Å². The van der Waals surface area contributed by atoms with E-state index in [4.69, 9.17) is 0 Å². The van der Waals surface area contributed by atoms with E-state index >= 15 is 0 Å². The number of hydrogen-bond donors (Lipinski definition) is 1. The number of ketones is 1. The summed E-state index contributed by atoms with van der Waals surface area (Å²) in [5.74, 6) is 0.268. The number of phenols is 1. The Labute approximate surface area is 247 Å². The van der Waals surface area contributed by atoms with Crippen molar-refractivity contribution in [2.75, 3.05) is 19.6 Å². The van der Waals surface area contributed by atoms with Crippen LogP contribution in [0.3, 0.4) is 0 Å². The Bertz CT molecular complexity index is 1150. The Morgan fingerprint density at radius 1 is 1.00 bits per heavy atom. The van der Waals surface area contributed by atoms with Gasteiger partial charge in [-0.2, -0.15) is 13.2 Å². The Kier molecular flexibility index (Phi) is 11.1. The number of benzene rings is 2. The zero-order chi connectivity index (χ0) is 29.2.